The van der Waals surface area contributed by atoms with Gasteiger partial charge in [-0.1, -0.05) is 25.3 Å². The summed E-state index contributed by atoms with van der Waals surface area (Å²) in [7, 11) is 0. The van der Waals surface area contributed by atoms with Crippen LogP contribution < -0.4 is 5.32 Å². The summed E-state index contributed by atoms with van der Waals surface area (Å²) in [6.45, 7) is 4.35. The number of nitrogens with zero attached hydrogens (tertiary/aromatic N) is 3. The van der Waals surface area contributed by atoms with Gasteiger partial charge in [-0.15, -0.1) is 0 Å². The smallest absolute Gasteiger partial charge is 0.334 e. The van der Waals surface area contributed by atoms with Crippen molar-refractivity contribution >= 4 is 35.3 Å². The minimum Gasteiger partial charge on any atom is -0.339 e. The van der Waals surface area contributed by atoms with Gasteiger partial charge >= 0.3 is 17.8 Å². The summed E-state index contributed by atoms with van der Waals surface area (Å²) in [6, 6.07) is 5.45. The molecule has 1 aliphatic carbocycles. The van der Waals surface area contributed by atoms with E-state index in [1.54, 1.807) is 29.2 Å². The van der Waals surface area contributed by atoms with Crippen LogP contribution in [-0.2, 0) is 14.4 Å². The highest BCUT2D eigenvalue weighted by atomic mass is 16.2. The van der Waals surface area contributed by atoms with Gasteiger partial charge in [0.05, 0.1) is 0 Å². The fourth-order valence-electron chi connectivity index (χ4n) is 4.09. The van der Waals surface area contributed by atoms with Crippen molar-refractivity contribution < 1.29 is 24.0 Å². The molecule has 0 unspecified atom stereocenters. The molecule has 2 fully saturated rings. The number of imide groups is 2. The van der Waals surface area contributed by atoms with Gasteiger partial charge in [0.1, 0.15) is 6.54 Å². The van der Waals surface area contributed by atoms with Crippen molar-refractivity contribution in [2.24, 2.45) is 0 Å². The third kappa shape index (κ3) is 4.76. The lowest BCUT2D eigenvalue weighted by Gasteiger charge is -2.28. The molecule has 2 aliphatic rings. The SMILES string of the molecule is CCN(CC)C(=O)c1cccc(NC(=O)CN2C(=O)C(=O)N(C3CCCCC3)C2=O)c1. The molecule has 3 rings (SSSR count). The first-order valence-corrected chi connectivity index (χ1v) is 10.8. The van der Waals surface area contributed by atoms with Crippen LogP contribution in [0.3, 0.4) is 0 Å². The van der Waals surface area contributed by atoms with E-state index in [-0.39, 0.29) is 11.9 Å². The van der Waals surface area contributed by atoms with Crippen LogP contribution in [0.25, 0.3) is 0 Å². The summed E-state index contributed by atoms with van der Waals surface area (Å²) in [4.78, 5) is 65.7. The number of nitrogens with one attached hydrogen (secondary N) is 1. The van der Waals surface area contributed by atoms with Gasteiger partial charge in [0.25, 0.3) is 5.91 Å². The highest BCUT2D eigenvalue weighted by Crippen LogP contribution is 2.26. The molecule has 1 aromatic carbocycles. The van der Waals surface area contributed by atoms with Crippen molar-refractivity contribution in [3.8, 4) is 0 Å². The Morgan fingerprint density at radius 2 is 1.71 bits per heavy atom. The summed E-state index contributed by atoms with van der Waals surface area (Å²) >= 11 is 0. The molecule has 6 amide bonds. The van der Waals surface area contributed by atoms with E-state index < -0.39 is 30.3 Å². The molecule has 9 nitrogen and oxygen atoms in total. The highest BCUT2D eigenvalue weighted by molar-refractivity contribution is 6.45. The van der Waals surface area contributed by atoms with E-state index in [0.717, 1.165) is 24.2 Å². The fourth-order valence-corrected chi connectivity index (χ4v) is 4.09. The summed E-state index contributed by atoms with van der Waals surface area (Å²) in [5, 5.41) is 2.60. The maximum absolute atomic E-state index is 12.7. The van der Waals surface area contributed by atoms with Crippen molar-refractivity contribution in [1.82, 2.24) is 14.7 Å². The Balaban J connectivity index is 1.66. The van der Waals surface area contributed by atoms with Crippen molar-refractivity contribution in [2.75, 3.05) is 25.0 Å². The topological polar surface area (TPSA) is 107 Å². The predicted molar refractivity (Wildman–Crippen MR) is 113 cm³/mol. The van der Waals surface area contributed by atoms with Gasteiger partial charge in [0.2, 0.25) is 5.91 Å². The molecule has 166 valence electrons. The van der Waals surface area contributed by atoms with E-state index in [4.69, 9.17) is 0 Å². The molecule has 0 bridgehead atoms. The van der Waals surface area contributed by atoms with Gasteiger partial charge in [-0.3, -0.25) is 24.1 Å². The lowest BCUT2D eigenvalue weighted by molar-refractivity contribution is -0.144. The second-order valence-electron chi connectivity index (χ2n) is 7.75. The third-order valence-electron chi connectivity index (χ3n) is 5.77. The van der Waals surface area contributed by atoms with E-state index in [2.05, 4.69) is 5.32 Å². The van der Waals surface area contributed by atoms with Gasteiger partial charge in [-0.2, -0.15) is 0 Å². The van der Waals surface area contributed by atoms with Crippen molar-refractivity contribution in [3.05, 3.63) is 29.8 Å². The highest BCUT2D eigenvalue weighted by Gasteiger charge is 2.48. The molecule has 1 saturated heterocycles. The van der Waals surface area contributed by atoms with E-state index in [1.807, 2.05) is 13.8 Å². The Bertz CT molecular complexity index is 890. The molecule has 1 saturated carbocycles. The molecule has 31 heavy (non-hydrogen) atoms. The number of carbonyl (C=O) groups is 5. The largest absolute Gasteiger partial charge is 0.339 e. The number of benzene rings is 1. The van der Waals surface area contributed by atoms with E-state index in [0.29, 0.717) is 42.1 Å². The normalized spacial score (nSPS) is 17.3. The number of hydrogen-bond donors (Lipinski definition) is 1. The Morgan fingerprint density at radius 3 is 2.35 bits per heavy atom. The van der Waals surface area contributed by atoms with Crippen molar-refractivity contribution in [3.63, 3.8) is 0 Å². The fraction of sp³-hybridized carbons (Fsp3) is 0.500. The van der Waals surface area contributed by atoms with E-state index >= 15 is 0 Å². The lowest BCUT2D eigenvalue weighted by Crippen LogP contribution is -2.43. The Hall–Kier alpha value is -3.23. The zero-order chi connectivity index (χ0) is 22.5. The molecule has 0 spiro atoms. The zero-order valence-electron chi connectivity index (χ0n) is 17.9. The number of amides is 6. The quantitative estimate of drug-likeness (QED) is 0.529. The van der Waals surface area contributed by atoms with Crippen LogP contribution in [0.1, 0.15) is 56.3 Å². The first kappa shape index (κ1) is 22.5. The first-order chi connectivity index (χ1) is 14.9. The lowest BCUT2D eigenvalue weighted by atomic mass is 9.94. The molecular weight excluding hydrogens is 400 g/mol. The van der Waals surface area contributed by atoms with Crippen molar-refractivity contribution in [2.45, 2.75) is 52.0 Å². The van der Waals surface area contributed by atoms with Crippen LogP contribution in [0.15, 0.2) is 24.3 Å². The van der Waals surface area contributed by atoms with Gasteiger partial charge in [-0.05, 0) is 44.9 Å². The molecule has 1 aliphatic heterocycles. The van der Waals surface area contributed by atoms with Crippen LogP contribution in [0, 0.1) is 0 Å². The van der Waals surface area contributed by atoms with Crippen molar-refractivity contribution in [1.29, 1.82) is 0 Å². The van der Waals surface area contributed by atoms with Crippen LogP contribution in [0.2, 0.25) is 0 Å². The third-order valence-corrected chi connectivity index (χ3v) is 5.77. The number of rotatable bonds is 7. The summed E-state index contributed by atoms with van der Waals surface area (Å²) in [5.41, 5.74) is 0.797. The van der Waals surface area contributed by atoms with E-state index in [1.165, 1.54) is 0 Å². The van der Waals surface area contributed by atoms with Gasteiger partial charge < -0.3 is 10.2 Å². The Kier molecular flexibility index (Phi) is 7.04. The van der Waals surface area contributed by atoms with E-state index in [9.17, 15) is 24.0 Å². The van der Waals surface area contributed by atoms with Crippen LogP contribution in [-0.4, -0.2) is 70.0 Å². The summed E-state index contributed by atoms with van der Waals surface area (Å²) in [6.07, 6.45) is 4.21. The maximum Gasteiger partial charge on any atom is 0.334 e. The molecule has 9 heteroatoms. The second-order valence-corrected chi connectivity index (χ2v) is 7.75. The summed E-state index contributed by atoms with van der Waals surface area (Å²) < 4.78 is 0. The predicted octanol–water partition coefficient (Wildman–Crippen LogP) is 2.23. The molecule has 1 heterocycles. The van der Waals surface area contributed by atoms with Gasteiger partial charge in [0.15, 0.2) is 0 Å². The Labute approximate surface area is 181 Å². The first-order valence-electron chi connectivity index (χ1n) is 10.8. The monoisotopic (exact) mass is 428 g/mol. The minimum absolute atomic E-state index is 0.153. The zero-order valence-corrected chi connectivity index (χ0v) is 17.9. The summed E-state index contributed by atoms with van der Waals surface area (Å²) in [5.74, 6) is -2.61. The molecule has 1 N–H and O–H groups in total. The average Bonchev–Trinajstić information content (AvgIpc) is 2.98. The average molecular weight is 428 g/mol. The molecule has 0 atom stereocenters. The molecule has 0 radical (unpaired) electrons. The van der Waals surface area contributed by atoms with Gasteiger partial charge in [-0.25, -0.2) is 9.69 Å². The molecule has 0 aromatic heterocycles. The second kappa shape index (κ2) is 9.72. The molecule has 1 aromatic rings. The van der Waals surface area contributed by atoms with Gasteiger partial charge in [0, 0.05) is 30.4 Å². The number of urea groups is 1. The minimum atomic E-state index is -0.976. The van der Waals surface area contributed by atoms with Crippen LogP contribution >= 0.6 is 0 Å². The van der Waals surface area contributed by atoms with Crippen LogP contribution in [0.5, 0.6) is 0 Å². The number of anilines is 1. The number of carbonyl (C=O) groups excluding carboxylic acids is 5. The standard InChI is InChI=1S/C22H28N4O5/c1-3-24(4-2)19(28)15-9-8-10-16(13-15)23-18(27)14-25-20(29)21(30)26(22(25)31)17-11-6-5-7-12-17/h8-10,13,17H,3-7,11-12,14H2,1-2H3,(H,23,27). The molecular formula is C22H28N4O5. The Morgan fingerprint density at radius 1 is 1.03 bits per heavy atom. The number of hydrogen-bond acceptors (Lipinski definition) is 5. The van der Waals surface area contributed by atoms with Crippen LogP contribution in [0.4, 0.5) is 10.5 Å². The maximum atomic E-state index is 12.7.